The number of benzene rings is 1. The van der Waals surface area contributed by atoms with Crippen LogP contribution in [0.4, 0.5) is 5.69 Å². The maximum atomic E-state index is 9.12. The lowest BCUT2D eigenvalue weighted by Gasteiger charge is -2.08. The van der Waals surface area contributed by atoms with Crippen molar-refractivity contribution < 1.29 is 0 Å². The minimum Gasteiger partial charge on any atom is -0.397 e. The van der Waals surface area contributed by atoms with Crippen molar-refractivity contribution >= 4 is 40.2 Å². The summed E-state index contributed by atoms with van der Waals surface area (Å²) in [5.74, 6) is 0. The van der Waals surface area contributed by atoms with Crippen molar-refractivity contribution in [2.45, 2.75) is 19.8 Å². The lowest BCUT2D eigenvalue weighted by Crippen LogP contribution is -1.93. The normalized spacial score (nSPS) is 10.4. The largest absolute Gasteiger partial charge is 0.397 e. The van der Waals surface area contributed by atoms with Crippen LogP contribution in [-0.4, -0.2) is 0 Å². The summed E-state index contributed by atoms with van der Waals surface area (Å²) in [7, 11) is 0. The molecule has 2 rings (SSSR count). The molecular formula is C14H12Cl2N2S. The Bertz CT molecular complexity index is 636. The summed E-state index contributed by atoms with van der Waals surface area (Å²) in [5.41, 5.74) is 8.34. The predicted molar refractivity (Wildman–Crippen MR) is 82.9 cm³/mol. The number of thiophene rings is 1. The minimum absolute atomic E-state index is 0.523. The lowest BCUT2D eigenvalue weighted by molar-refractivity contribution is 0.930. The highest BCUT2D eigenvalue weighted by molar-refractivity contribution is 7.17. The Morgan fingerprint density at radius 1 is 1.32 bits per heavy atom. The number of nitrogen functional groups attached to an aromatic ring is 1. The topological polar surface area (TPSA) is 49.8 Å². The molecule has 2 nitrogen and oxygen atoms in total. The van der Waals surface area contributed by atoms with Crippen LogP contribution in [0.25, 0.3) is 10.4 Å². The van der Waals surface area contributed by atoms with Gasteiger partial charge in [0.05, 0.1) is 15.7 Å². The van der Waals surface area contributed by atoms with E-state index in [-0.39, 0.29) is 0 Å². The third-order valence-corrected chi connectivity index (χ3v) is 4.64. The smallest absolute Gasteiger partial charge is 0.128 e. The Kier molecular flexibility index (Phi) is 4.36. The highest BCUT2D eigenvalue weighted by Gasteiger charge is 2.20. The van der Waals surface area contributed by atoms with Crippen LogP contribution in [0.5, 0.6) is 0 Å². The van der Waals surface area contributed by atoms with E-state index in [4.69, 9.17) is 34.2 Å². The molecule has 1 aromatic heterocycles. The number of hydrogen-bond acceptors (Lipinski definition) is 3. The van der Waals surface area contributed by atoms with Gasteiger partial charge in [-0.3, -0.25) is 0 Å². The summed E-state index contributed by atoms with van der Waals surface area (Å²) in [6.07, 6.45) is 1.75. The van der Waals surface area contributed by atoms with Crippen LogP contribution in [0.3, 0.4) is 0 Å². The third-order valence-electron chi connectivity index (χ3n) is 2.84. The molecule has 0 bridgehead atoms. The molecule has 19 heavy (non-hydrogen) atoms. The van der Waals surface area contributed by atoms with E-state index in [2.05, 4.69) is 13.0 Å². The van der Waals surface area contributed by atoms with Gasteiger partial charge in [0.1, 0.15) is 10.9 Å². The number of nitriles is 1. The van der Waals surface area contributed by atoms with Crippen LogP contribution >= 0.6 is 34.5 Å². The molecule has 2 aromatic rings. The maximum Gasteiger partial charge on any atom is 0.128 e. The molecule has 0 spiro atoms. The second-order valence-corrected chi connectivity index (χ2v) is 5.95. The quantitative estimate of drug-likeness (QED) is 0.854. The summed E-state index contributed by atoms with van der Waals surface area (Å²) < 4.78 is 0. The van der Waals surface area contributed by atoms with Crippen molar-refractivity contribution in [3.05, 3.63) is 38.7 Å². The number of nitrogens with zero attached hydrogens (tertiary/aromatic N) is 1. The van der Waals surface area contributed by atoms with Gasteiger partial charge in [-0.15, -0.1) is 11.3 Å². The zero-order valence-electron chi connectivity index (χ0n) is 10.3. The van der Waals surface area contributed by atoms with Crippen molar-refractivity contribution in [3.8, 4) is 16.5 Å². The van der Waals surface area contributed by atoms with Gasteiger partial charge in [-0.2, -0.15) is 5.26 Å². The fourth-order valence-electron chi connectivity index (χ4n) is 1.98. The second kappa shape index (κ2) is 5.83. The van der Waals surface area contributed by atoms with Gasteiger partial charge >= 0.3 is 0 Å². The van der Waals surface area contributed by atoms with Gasteiger partial charge in [-0.1, -0.05) is 42.6 Å². The van der Waals surface area contributed by atoms with Gasteiger partial charge in [0, 0.05) is 10.4 Å². The van der Waals surface area contributed by atoms with Gasteiger partial charge in [0.15, 0.2) is 0 Å². The standard InChI is InChI=1S/C14H12Cl2N2S/c1-2-4-8-13(18)11(7-17)19-14(8)12-9(15)5-3-6-10(12)16/h3,5-6H,2,4,18H2,1H3. The molecule has 1 aromatic carbocycles. The van der Waals surface area contributed by atoms with E-state index in [0.29, 0.717) is 20.6 Å². The molecule has 0 saturated heterocycles. The van der Waals surface area contributed by atoms with Crippen molar-refractivity contribution in [2.24, 2.45) is 0 Å². The molecule has 2 N–H and O–H groups in total. The Balaban J connectivity index is 2.72. The monoisotopic (exact) mass is 310 g/mol. The number of rotatable bonds is 3. The first kappa shape index (κ1) is 14.2. The van der Waals surface area contributed by atoms with Gasteiger partial charge < -0.3 is 5.73 Å². The third kappa shape index (κ3) is 2.57. The zero-order valence-corrected chi connectivity index (χ0v) is 12.7. The van der Waals surface area contributed by atoms with Gasteiger partial charge in [-0.25, -0.2) is 0 Å². The molecule has 0 aliphatic rings. The number of anilines is 1. The van der Waals surface area contributed by atoms with Gasteiger partial charge in [-0.05, 0) is 24.1 Å². The molecular weight excluding hydrogens is 299 g/mol. The van der Waals surface area contributed by atoms with E-state index in [1.165, 1.54) is 11.3 Å². The van der Waals surface area contributed by atoms with E-state index in [1.54, 1.807) is 18.2 Å². The van der Waals surface area contributed by atoms with E-state index < -0.39 is 0 Å². The molecule has 0 amide bonds. The van der Waals surface area contributed by atoms with E-state index >= 15 is 0 Å². The molecule has 0 radical (unpaired) electrons. The first-order valence-electron chi connectivity index (χ1n) is 5.85. The molecule has 0 aliphatic heterocycles. The van der Waals surface area contributed by atoms with E-state index in [0.717, 1.165) is 28.8 Å². The predicted octanol–water partition coefficient (Wildman–Crippen LogP) is 5.13. The average molecular weight is 311 g/mol. The molecule has 0 unspecified atom stereocenters. The molecule has 1 heterocycles. The Labute approximate surface area is 126 Å². The lowest BCUT2D eigenvalue weighted by atomic mass is 10.0. The first-order valence-corrected chi connectivity index (χ1v) is 7.43. The highest BCUT2D eigenvalue weighted by atomic mass is 35.5. The summed E-state index contributed by atoms with van der Waals surface area (Å²) in [5, 5.41) is 10.3. The Morgan fingerprint density at radius 2 is 1.95 bits per heavy atom. The molecule has 98 valence electrons. The molecule has 5 heteroatoms. The molecule has 0 fully saturated rings. The van der Waals surface area contributed by atoms with Crippen molar-refractivity contribution in [1.82, 2.24) is 0 Å². The van der Waals surface area contributed by atoms with E-state index in [9.17, 15) is 0 Å². The fourth-order valence-corrected chi connectivity index (χ4v) is 3.81. The van der Waals surface area contributed by atoms with Crippen LogP contribution in [-0.2, 0) is 6.42 Å². The number of hydrogen-bond donors (Lipinski definition) is 1. The van der Waals surface area contributed by atoms with Crippen LogP contribution < -0.4 is 5.73 Å². The summed E-state index contributed by atoms with van der Waals surface area (Å²) in [6.45, 7) is 2.07. The van der Waals surface area contributed by atoms with E-state index in [1.807, 2.05) is 0 Å². The minimum atomic E-state index is 0.523. The van der Waals surface area contributed by atoms with Crippen LogP contribution in [0, 0.1) is 11.3 Å². The average Bonchev–Trinajstić information content (AvgIpc) is 2.68. The van der Waals surface area contributed by atoms with Crippen LogP contribution in [0.2, 0.25) is 10.0 Å². The second-order valence-electron chi connectivity index (χ2n) is 4.11. The fraction of sp³-hybridized carbons (Fsp3) is 0.214. The molecule has 0 atom stereocenters. The number of nitrogens with two attached hydrogens (primary N) is 1. The Morgan fingerprint density at radius 3 is 2.47 bits per heavy atom. The van der Waals surface area contributed by atoms with Crippen molar-refractivity contribution in [3.63, 3.8) is 0 Å². The molecule has 0 aliphatic carbocycles. The Hall–Kier alpha value is -1.21. The zero-order chi connectivity index (χ0) is 14.0. The van der Waals surface area contributed by atoms with Crippen molar-refractivity contribution in [1.29, 1.82) is 5.26 Å². The summed E-state index contributed by atoms with van der Waals surface area (Å²) in [6, 6.07) is 7.52. The molecule has 0 saturated carbocycles. The SMILES string of the molecule is CCCc1c(-c2c(Cl)cccc2Cl)sc(C#N)c1N. The van der Waals surface area contributed by atoms with Gasteiger partial charge in [0.2, 0.25) is 0 Å². The van der Waals surface area contributed by atoms with Crippen molar-refractivity contribution in [2.75, 3.05) is 5.73 Å². The number of halogens is 2. The van der Waals surface area contributed by atoms with Crippen LogP contribution in [0.1, 0.15) is 23.8 Å². The first-order chi connectivity index (χ1) is 9.10. The highest BCUT2D eigenvalue weighted by Crippen LogP contribution is 2.44. The summed E-state index contributed by atoms with van der Waals surface area (Å²) in [4.78, 5) is 1.43. The summed E-state index contributed by atoms with van der Waals surface area (Å²) >= 11 is 13.8. The maximum absolute atomic E-state index is 9.12. The van der Waals surface area contributed by atoms with Crippen LogP contribution in [0.15, 0.2) is 18.2 Å². The van der Waals surface area contributed by atoms with Gasteiger partial charge in [0.25, 0.3) is 0 Å².